The van der Waals surface area contributed by atoms with Gasteiger partial charge in [0.25, 0.3) is 0 Å². The first-order valence-corrected chi connectivity index (χ1v) is 8.01. The lowest BCUT2D eigenvalue weighted by molar-refractivity contribution is -0.671. The van der Waals surface area contributed by atoms with Crippen LogP contribution < -0.4 is 9.30 Å². The Bertz CT molecular complexity index is 922. The first kappa shape index (κ1) is 14.5. The molecule has 24 heavy (non-hydrogen) atoms. The van der Waals surface area contributed by atoms with Gasteiger partial charge in [0, 0.05) is 23.3 Å². The highest BCUT2D eigenvalue weighted by molar-refractivity contribution is 5.95. The van der Waals surface area contributed by atoms with Crippen LogP contribution in [0, 0.1) is 0 Å². The molecule has 0 fully saturated rings. The molecule has 0 N–H and O–H groups in total. The lowest BCUT2D eigenvalue weighted by atomic mass is 9.98. The minimum absolute atomic E-state index is 0.877. The Balaban J connectivity index is 1.83. The minimum atomic E-state index is 0.877. The van der Waals surface area contributed by atoms with E-state index < -0.39 is 0 Å². The van der Waals surface area contributed by atoms with Crippen LogP contribution in [0.15, 0.2) is 85.2 Å². The van der Waals surface area contributed by atoms with E-state index in [1.807, 2.05) is 48.0 Å². The normalized spacial score (nSPS) is 14.7. The third-order valence-corrected chi connectivity index (χ3v) is 4.09. The summed E-state index contributed by atoms with van der Waals surface area (Å²) in [5.41, 5.74) is 4.52. The van der Waals surface area contributed by atoms with Crippen molar-refractivity contribution in [3.63, 3.8) is 0 Å². The van der Waals surface area contributed by atoms with E-state index in [0.717, 1.165) is 28.2 Å². The summed E-state index contributed by atoms with van der Waals surface area (Å²) in [6, 6.07) is 22.6. The van der Waals surface area contributed by atoms with E-state index in [9.17, 15) is 0 Å². The largest absolute Gasteiger partial charge is 0.456 e. The first-order valence-electron chi connectivity index (χ1n) is 8.01. The van der Waals surface area contributed by atoms with E-state index >= 15 is 0 Å². The molecule has 0 radical (unpaired) electrons. The van der Waals surface area contributed by atoms with Crippen molar-refractivity contribution >= 4 is 17.4 Å². The lowest BCUT2D eigenvalue weighted by Gasteiger charge is -2.20. The van der Waals surface area contributed by atoms with Crippen LogP contribution in [0.4, 0.5) is 0 Å². The van der Waals surface area contributed by atoms with Crippen LogP contribution in [0.2, 0.25) is 0 Å². The molecule has 4 rings (SSSR count). The molecule has 2 aromatic carbocycles. The Morgan fingerprint density at radius 2 is 1.54 bits per heavy atom. The maximum Gasteiger partial charge on any atom is 0.169 e. The first-order chi connectivity index (χ1) is 11.8. The Hall–Kier alpha value is -3.13. The van der Waals surface area contributed by atoms with Crippen molar-refractivity contribution in [2.45, 2.75) is 0 Å². The standard InChI is InChI=1S/C22H18NO/c1-23-13-11-17(12-14-23)15-19-16-22(18-7-3-2-4-8-18)24-21-10-6-5-9-20(19)21/h2-16H,1H3/q+1/b19-15+. The molecule has 0 bridgehead atoms. The molecule has 0 spiro atoms. The van der Waals surface area contributed by atoms with Gasteiger partial charge in [-0.05, 0) is 29.4 Å². The molecule has 3 aromatic rings. The number of nitrogens with zero attached hydrogens (tertiary/aromatic N) is 1. The van der Waals surface area contributed by atoms with Crippen LogP contribution in [0.1, 0.15) is 16.7 Å². The van der Waals surface area contributed by atoms with Crippen molar-refractivity contribution in [3.05, 3.63) is 102 Å². The zero-order valence-corrected chi connectivity index (χ0v) is 13.5. The van der Waals surface area contributed by atoms with Crippen molar-refractivity contribution in [3.8, 4) is 5.75 Å². The van der Waals surface area contributed by atoms with Crippen LogP contribution in [-0.2, 0) is 7.05 Å². The summed E-state index contributed by atoms with van der Waals surface area (Å²) in [4.78, 5) is 0. The number of benzene rings is 2. The van der Waals surface area contributed by atoms with Crippen LogP contribution in [0.3, 0.4) is 0 Å². The SMILES string of the molecule is C[n+]1ccc(/C=C2\C=C(c3ccccc3)Oc3ccccc32)cc1. The summed E-state index contributed by atoms with van der Waals surface area (Å²) in [5, 5.41) is 0. The topological polar surface area (TPSA) is 13.1 Å². The quantitative estimate of drug-likeness (QED) is 0.636. The van der Waals surface area contributed by atoms with Crippen molar-refractivity contribution in [1.29, 1.82) is 0 Å². The summed E-state index contributed by atoms with van der Waals surface area (Å²) in [6.07, 6.45) is 8.42. The third kappa shape index (κ3) is 2.86. The number of para-hydroxylation sites is 1. The number of ether oxygens (including phenoxy) is 1. The fourth-order valence-electron chi connectivity index (χ4n) is 2.81. The molecule has 2 heterocycles. The van der Waals surface area contributed by atoms with E-state index in [1.54, 1.807) is 0 Å². The highest BCUT2D eigenvalue weighted by Crippen LogP contribution is 2.37. The van der Waals surface area contributed by atoms with Crippen molar-refractivity contribution < 1.29 is 9.30 Å². The number of hydrogen-bond acceptors (Lipinski definition) is 1. The van der Waals surface area contributed by atoms with Gasteiger partial charge < -0.3 is 4.74 Å². The van der Waals surface area contributed by atoms with Gasteiger partial charge in [0.2, 0.25) is 0 Å². The number of fused-ring (bicyclic) bond motifs is 1. The second-order valence-electron chi connectivity index (χ2n) is 5.87. The van der Waals surface area contributed by atoms with Crippen LogP contribution in [0.25, 0.3) is 17.4 Å². The van der Waals surface area contributed by atoms with Gasteiger partial charge in [-0.25, -0.2) is 4.57 Å². The molecule has 0 atom stereocenters. The highest BCUT2D eigenvalue weighted by Gasteiger charge is 2.17. The second-order valence-corrected chi connectivity index (χ2v) is 5.87. The second kappa shape index (κ2) is 6.17. The van der Waals surface area contributed by atoms with Crippen molar-refractivity contribution in [2.75, 3.05) is 0 Å². The molecule has 2 heteroatoms. The van der Waals surface area contributed by atoms with E-state index in [0.29, 0.717) is 0 Å². The molecule has 116 valence electrons. The molecular formula is C22H18NO+. The third-order valence-electron chi connectivity index (χ3n) is 4.09. The Labute approximate surface area is 142 Å². The van der Waals surface area contributed by atoms with E-state index in [1.165, 1.54) is 5.56 Å². The van der Waals surface area contributed by atoms with Crippen LogP contribution in [0.5, 0.6) is 5.75 Å². The van der Waals surface area contributed by atoms with Gasteiger partial charge in [-0.3, -0.25) is 0 Å². The number of allylic oxidation sites excluding steroid dienone is 2. The molecular weight excluding hydrogens is 294 g/mol. The van der Waals surface area contributed by atoms with Gasteiger partial charge in [0.15, 0.2) is 12.4 Å². The molecule has 1 aromatic heterocycles. The number of aryl methyl sites for hydroxylation is 1. The summed E-state index contributed by atoms with van der Waals surface area (Å²) in [7, 11) is 2.02. The number of pyridine rings is 1. The fourth-order valence-corrected chi connectivity index (χ4v) is 2.81. The monoisotopic (exact) mass is 312 g/mol. The van der Waals surface area contributed by atoms with Gasteiger partial charge in [-0.1, -0.05) is 48.5 Å². The predicted molar refractivity (Wildman–Crippen MR) is 97.0 cm³/mol. The fraction of sp³-hybridized carbons (Fsp3) is 0.0455. The molecule has 0 aliphatic carbocycles. The van der Waals surface area contributed by atoms with Gasteiger partial charge in [0.05, 0.1) is 0 Å². The molecule has 0 saturated carbocycles. The van der Waals surface area contributed by atoms with Crippen LogP contribution >= 0.6 is 0 Å². The smallest absolute Gasteiger partial charge is 0.169 e. The molecule has 1 aliphatic heterocycles. The Morgan fingerprint density at radius 3 is 2.33 bits per heavy atom. The summed E-state index contributed by atoms with van der Waals surface area (Å²) >= 11 is 0. The Morgan fingerprint density at radius 1 is 0.833 bits per heavy atom. The predicted octanol–water partition coefficient (Wildman–Crippen LogP) is 4.49. The zero-order valence-electron chi connectivity index (χ0n) is 13.5. The number of rotatable bonds is 2. The van der Waals surface area contributed by atoms with Gasteiger partial charge in [-0.2, -0.15) is 0 Å². The molecule has 2 nitrogen and oxygen atoms in total. The summed E-state index contributed by atoms with van der Waals surface area (Å²) in [5.74, 6) is 1.77. The van der Waals surface area contributed by atoms with E-state index in [4.69, 9.17) is 4.74 Å². The average molecular weight is 312 g/mol. The summed E-state index contributed by atoms with van der Waals surface area (Å²) < 4.78 is 8.15. The van der Waals surface area contributed by atoms with Gasteiger partial charge in [-0.15, -0.1) is 0 Å². The van der Waals surface area contributed by atoms with Gasteiger partial charge >= 0.3 is 0 Å². The lowest BCUT2D eigenvalue weighted by Crippen LogP contribution is -2.25. The van der Waals surface area contributed by atoms with Gasteiger partial charge in [0.1, 0.15) is 18.6 Å². The number of hydrogen-bond donors (Lipinski definition) is 0. The summed E-state index contributed by atoms with van der Waals surface area (Å²) in [6.45, 7) is 0. The molecule has 0 unspecified atom stereocenters. The maximum absolute atomic E-state index is 6.12. The highest BCUT2D eigenvalue weighted by atomic mass is 16.5. The van der Waals surface area contributed by atoms with E-state index in [2.05, 4.69) is 54.9 Å². The zero-order chi connectivity index (χ0) is 16.4. The van der Waals surface area contributed by atoms with Crippen LogP contribution in [-0.4, -0.2) is 0 Å². The Kier molecular flexibility index (Phi) is 3.72. The van der Waals surface area contributed by atoms with Crippen molar-refractivity contribution in [1.82, 2.24) is 0 Å². The van der Waals surface area contributed by atoms with Crippen molar-refractivity contribution in [2.24, 2.45) is 7.05 Å². The maximum atomic E-state index is 6.12. The minimum Gasteiger partial charge on any atom is -0.456 e. The number of aromatic nitrogens is 1. The molecule has 0 saturated heterocycles. The molecule has 0 amide bonds. The van der Waals surface area contributed by atoms with E-state index in [-0.39, 0.29) is 0 Å². The average Bonchev–Trinajstić information content (AvgIpc) is 2.64. The molecule has 1 aliphatic rings.